The highest BCUT2D eigenvalue weighted by molar-refractivity contribution is 6.42. The third-order valence-corrected chi connectivity index (χ3v) is 4.10. The van der Waals surface area contributed by atoms with Gasteiger partial charge in [-0.15, -0.1) is 0 Å². The molecule has 1 aromatic rings. The van der Waals surface area contributed by atoms with E-state index in [0.29, 0.717) is 15.5 Å². The van der Waals surface area contributed by atoms with E-state index in [0.717, 1.165) is 19.3 Å². The molecule has 0 fully saturated rings. The molecule has 1 atom stereocenters. The van der Waals surface area contributed by atoms with Gasteiger partial charge in [0.1, 0.15) is 0 Å². The molecule has 0 spiro atoms. The fourth-order valence-corrected chi connectivity index (χ4v) is 3.10. The van der Waals surface area contributed by atoms with E-state index in [-0.39, 0.29) is 6.04 Å². The van der Waals surface area contributed by atoms with E-state index in [2.05, 4.69) is 19.9 Å². The second-order valence-corrected chi connectivity index (χ2v) is 6.77. The van der Waals surface area contributed by atoms with Crippen molar-refractivity contribution in [3.63, 3.8) is 0 Å². The SMILES string of the molecule is CC1(C)CC(Cc2ccc(Cl)c(Cl)c2)=CC(N)C1. The minimum absolute atomic E-state index is 0.173. The Balaban J connectivity index is 2.16. The Morgan fingerprint density at radius 1 is 1.28 bits per heavy atom. The zero-order chi connectivity index (χ0) is 13.3. The normalized spacial score (nSPS) is 22.7. The second kappa shape index (κ2) is 5.24. The summed E-state index contributed by atoms with van der Waals surface area (Å²) in [7, 11) is 0. The molecule has 0 aliphatic heterocycles. The van der Waals surface area contributed by atoms with E-state index < -0.39 is 0 Å². The molecular weight excluding hydrogens is 265 g/mol. The van der Waals surface area contributed by atoms with Crippen LogP contribution in [0.1, 0.15) is 32.3 Å². The van der Waals surface area contributed by atoms with Gasteiger partial charge >= 0.3 is 0 Å². The predicted octanol–water partition coefficient (Wildman–Crippen LogP) is 4.61. The van der Waals surface area contributed by atoms with Gasteiger partial charge < -0.3 is 5.73 Å². The summed E-state index contributed by atoms with van der Waals surface area (Å²) in [6, 6.07) is 6.00. The first-order valence-corrected chi connectivity index (χ1v) is 7.00. The number of nitrogens with two attached hydrogens (primary N) is 1. The number of halogens is 2. The number of hydrogen-bond donors (Lipinski definition) is 1. The quantitative estimate of drug-likeness (QED) is 0.788. The third kappa shape index (κ3) is 3.50. The van der Waals surface area contributed by atoms with Crippen LogP contribution >= 0.6 is 23.2 Å². The Kier molecular flexibility index (Phi) is 4.05. The highest BCUT2D eigenvalue weighted by Gasteiger charge is 2.26. The zero-order valence-electron chi connectivity index (χ0n) is 10.8. The average molecular weight is 284 g/mol. The maximum absolute atomic E-state index is 6.08. The monoisotopic (exact) mass is 283 g/mol. The van der Waals surface area contributed by atoms with E-state index in [1.807, 2.05) is 18.2 Å². The molecule has 1 nitrogen and oxygen atoms in total. The van der Waals surface area contributed by atoms with Gasteiger partial charge in [0.2, 0.25) is 0 Å². The summed E-state index contributed by atoms with van der Waals surface area (Å²) >= 11 is 12.0. The molecule has 0 radical (unpaired) electrons. The molecule has 1 aliphatic carbocycles. The molecule has 18 heavy (non-hydrogen) atoms. The smallest absolute Gasteiger partial charge is 0.0595 e. The van der Waals surface area contributed by atoms with E-state index in [1.54, 1.807) is 0 Å². The first-order chi connectivity index (χ1) is 8.35. The first kappa shape index (κ1) is 13.9. The van der Waals surface area contributed by atoms with Crippen molar-refractivity contribution in [2.45, 2.75) is 39.2 Å². The molecule has 0 saturated carbocycles. The first-order valence-electron chi connectivity index (χ1n) is 6.25. The summed E-state index contributed by atoms with van der Waals surface area (Å²) in [4.78, 5) is 0. The summed E-state index contributed by atoms with van der Waals surface area (Å²) in [6.45, 7) is 4.55. The molecular formula is C15H19Cl2N. The topological polar surface area (TPSA) is 26.0 Å². The molecule has 1 aliphatic rings. The Hall–Kier alpha value is -0.500. The highest BCUT2D eigenvalue weighted by atomic mass is 35.5. The van der Waals surface area contributed by atoms with Gasteiger partial charge in [-0.3, -0.25) is 0 Å². The summed E-state index contributed by atoms with van der Waals surface area (Å²) < 4.78 is 0. The van der Waals surface area contributed by atoms with Crippen molar-refractivity contribution < 1.29 is 0 Å². The minimum atomic E-state index is 0.173. The van der Waals surface area contributed by atoms with Crippen LogP contribution in [0.5, 0.6) is 0 Å². The molecule has 1 aromatic carbocycles. The van der Waals surface area contributed by atoms with Crippen molar-refractivity contribution in [3.8, 4) is 0 Å². The van der Waals surface area contributed by atoms with E-state index in [1.165, 1.54) is 11.1 Å². The Labute approximate surface area is 119 Å². The van der Waals surface area contributed by atoms with E-state index in [4.69, 9.17) is 28.9 Å². The van der Waals surface area contributed by atoms with Crippen molar-refractivity contribution in [1.29, 1.82) is 0 Å². The van der Waals surface area contributed by atoms with Gasteiger partial charge in [0.25, 0.3) is 0 Å². The molecule has 2 N–H and O–H groups in total. The van der Waals surface area contributed by atoms with Gasteiger partial charge in [0.15, 0.2) is 0 Å². The van der Waals surface area contributed by atoms with Gasteiger partial charge in [0.05, 0.1) is 10.0 Å². The van der Waals surface area contributed by atoms with Crippen LogP contribution in [-0.2, 0) is 6.42 Å². The van der Waals surface area contributed by atoms with Gasteiger partial charge in [0, 0.05) is 6.04 Å². The largest absolute Gasteiger partial charge is 0.324 e. The Morgan fingerprint density at radius 3 is 2.61 bits per heavy atom. The number of benzene rings is 1. The lowest BCUT2D eigenvalue weighted by Crippen LogP contribution is -2.31. The van der Waals surface area contributed by atoms with Crippen LogP contribution in [0.4, 0.5) is 0 Å². The molecule has 1 unspecified atom stereocenters. The summed E-state index contributed by atoms with van der Waals surface area (Å²) in [5.41, 5.74) is 8.97. The average Bonchev–Trinajstić information content (AvgIpc) is 2.20. The molecule has 0 heterocycles. The van der Waals surface area contributed by atoms with Crippen LogP contribution in [-0.4, -0.2) is 6.04 Å². The maximum Gasteiger partial charge on any atom is 0.0595 e. The number of hydrogen-bond acceptors (Lipinski definition) is 1. The van der Waals surface area contributed by atoms with E-state index in [9.17, 15) is 0 Å². The van der Waals surface area contributed by atoms with E-state index >= 15 is 0 Å². The fraction of sp³-hybridized carbons (Fsp3) is 0.467. The Bertz CT molecular complexity index is 477. The van der Waals surface area contributed by atoms with Crippen molar-refractivity contribution in [2.24, 2.45) is 11.1 Å². The lowest BCUT2D eigenvalue weighted by atomic mass is 9.74. The summed E-state index contributed by atoms with van der Waals surface area (Å²) in [5.74, 6) is 0. The van der Waals surface area contributed by atoms with Crippen LogP contribution in [0.3, 0.4) is 0 Å². The Morgan fingerprint density at radius 2 is 2.00 bits per heavy atom. The highest BCUT2D eigenvalue weighted by Crippen LogP contribution is 2.36. The van der Waals surface area contributed by atoms with Crippen LogP contribution in [0.2, 0.25) is 10.0 Å². The predicted molar refractivity (Wildman–Crippen MR) is 79.2 cm³/mol. The van der Waals surface area contributed by atoms with Gasteiger partial charge in [-0.2, -0.15) is 0 Å². The van der Waals surface area contributed by atoms with Crippen LogP contribution in [0, 0.1) is 5.41 Å². The zero-order valence-corrected chi connectivity index (χ0v) is 12.4. The van der Waals surface area contributed by atoms with Crippen molar-refractivity contribution in [1.82, 2.24) is 0 Å². The lowest BCUT2D eigenvalue weighted by Gasteiger charge is -2.33. The molecule has 3 heteroatoms. The van der Waals surface area contributed by atoms with Crippen LogP contribution in [0.25, 0.3) is 0 Å². The lowest BCUT2D eigenvalue weighted by molar-refractivity contribution is 0.299. The molecule has 98 valence electrons. The fourth-order valence-electron chi connectivity index (χ4n) is 2.78. The molecule has 0 bridgehead atoms. The third-order valence-electron chi connectivity index (χ3n) is 3.36. The van der Waals surface area contributed by atoms with Crippen LogP contribution < -0.4 is 5.73 Å². The summed E-state index contributed by atoms with van der Waals surface area (Å²) in [5, 5.41) is 1.23. The van der Waals surface area contributed by atoms with Gasteiger partial charge in [-0.1, -0.05) is 54.8 Å². The van der Waals surface area contributed by atoms with Crippen molar-refractivity contribution >= 4 is 23.2 Å². The van der Waals surface area contributed by atoms with Gasteiger partial charge in [-0.05, 0) is 42.4 Å². The van der Waals surface area contributed by atoms with Crippen molar-refractivity contribution in [3.05, 3.63) is 45.5 Å². The molecule has 0 saturated heterocycles. The molecule has 0 amide bonds. The standard InChI is InChI=1S/C15H19Cl2N/c1-15(2)8-11(6-12(18)9-15)5-10-3-4-13(16)14(17)7-10/h3-4,6-7,12H,5,8-9,18H2,1-2H3. The van der Waals surface area contributed by atoms with Gasteiger partial charge in [-0.25, -0.2) is 0 Å². The molecule has 0 aromatic heterocycles. The minimum Gasteiger partial charge on any atom is -0.324 e. The van der Waals surface area contributed by atoms with Crippen molar-refractivity contribution in [2.75, 3.05) is 0 Å². The second-order valence-electron chi connectivity index (χ2n) is 5.96. The maximum atomic E-state index is 6.08. The number of allylic oxidation sites excluding steroid dienone is 1. The number of rotatable bonds is 2. The molecule has 2 rings (SSSR count). The van der Waals surface area contributed by atoms with Crippen LogP contribution in [0.15, 0.2) is 29.8 Å². The summed E-state index contributed by atoms with van der Waals surface area (Å²) in [6.07, 6.45) is 5.26.